The summed E-state index contributed by atoms with van der Waals surface area (Å²) in [4.78, 5) is 0. The molecule has 1 fully saturated rings. The molecule has 100 valence electrons. The molecular formula is C14H17N3O2. The van der Waals surface area contributed by atoms with E-state index in [9.17, 15) is 5.11 Å². The third-order valence-corrected chi connectivity index (χ3v) is 3.26. The zero-order valence-corrected chi connectivity index (χ0v) is 10.6. The van der Waals surface area contributed by atoms with Crippen molar-refractivity contribution in [2.45, 2.75) is 18.9 Å². The highest BCUT2D eigenvalue weighted by Crippen LogP contribution is 2.19. The van der Waals surface area contributed by atoms with Gasteiger partial charge in [-0.15, -0.1) is 0 Å². The van der Waals surface area contributed by atoms with Crippen LogP contribution in [0.4, 0.5) is 0 Å². The molecule has 0 amide bonds. The predicted molar refractivity (Wildman–Crippen MR) is 71.7 cm³/mol. The first-order chi connectivity index (χ1) is 9.31. The zero-order valence-electron chi connectivity index (χ0n) is 10.6. The van der Waals surface area contributed by atoms with Crippen LogP contribution < -0.4 is 10.1 Å². The molecule has 5 heteroatoms. The Balaban J connectivity index is 1.70. The van der Waals surface area contributed by atoms with E-state index in [0.717, 1.165) is 37.4 Å². The number of aromatic hydroxyl groups is 1. The first-order valence-corrected chi connectivity index (χ1v) is 6.53. The number of nitrogens with zero attached hydrogens (tertiary/aromatic N) is 2. The first kappa shape index (κ1) is 12.0. The van der Waals surface area contributed by atoms with Gasteiger partial charge in [0.1, 0.15) is 11.9 Å². The summed E-state index contributed by atoms with van der Waals surface area (Å²) < 4.78 is 7.65. The summed E-state index contributed by atoms with van der Waals surface area (Å²) in [5.74, 6) is 1.04. The molecule has 1 aliphatic rings. The summed E-state index contributed by atoms with van der Waals surface area (Å²) in [7, 11) is 0. The van der Waals surface area contributed by atoms with Crippen LogP contribution in [0, 0.1) is 0 Å². The highest BCUT2D eigenvalue weighted by atomic mass is 16.5. The second-order valence-electron chi connectivity index (χ2n) is 4.70. The van der Waals surface area contributed by atoms with Crippen LogP contribution in [0.25, 0.3) is 5.69 Å². The van der Waals surface area contributed by atoms with Crippen LogP contribution in [-0.2, 0) is 0 Å². The lowest BCUT2D eigenvalue weighted by Crippen LogP contribution is -2.34. The highest BCUT2D eigenvalue weighted by Gasteiger charge is 2.15. The molecule has 3 rings (SSSR count). The molecule has 0 aliphatic carbocycles. The van der Waals surface area contributed by atoms with Gasteiger partial charge < -0.3 is 15.2 Å². The maximum atomic E-state index is 9.26. The molecule has 5 nitrogen and oxygen atoms in total. The van der Waals surface area contributed by atoms with E-state index in [0.29, 0.717) is 0 Å². The quantitative estimate of drug-likeness (QED) is 0.881. The second-order valence-corrected chi connectivity index (χ2v) is 4.70. The fraction of sp³-hybridized carbons (Fsp3) is 0.357. The summed E-state index contributed by atoms with van der Waals surface area (Å²) >= 11 is 0. The van der Waals surface area contributed by atoms with Crippen molar-refractivity contribution in [3.8, 4) is 17.2 Å². The van der Waals surface area contributed by atoms with E-state index in [1.54, 1.807) is 23.0 Å². The average Bonchev–Trinajstić information content (AvgIpc) is 2.89. The minimum atomic E-state index is 0.252. The van der Waals surface area contributed by atoms with E-state index in [4.69, 9.17) is 4.74 Å². The molecule has 2 heterocycles. The molecule has 0 spiro atoms. The van der Waals surface area contributed by atoms with Gasteiger partial charge in [0.15, 0.2) is 5.75 Å². The number of rotatable bonds is 3. The van der Waals surface area contributed by atoms with Gasteiger partial charge in [-0.2, -0.15) is 5.10 Å². The van der Waals surface area contributed by atoms with Crippen LogP contribution in [0.1, 0.15) is 12.8 Å². The fourth-order valence-corrected chi connectivity index (χ4v) is 2.22. The van der Waals surface area contributed by atoms with Crippen molar-refractivity contribution in [3.63, 3.8) is 0 Å². The molecule has 19 heavy (non-hydrogen) atoms. The molecule has 0 bridgehead atoms. The Morgan fingerprint density at radius 1 is 1.21 bits per heavy atom. The Hall–Kier alpha value is -2.01. The fourth-order valence-electron chi connectivity index (χ4n) is 2.22. The smallest absolute Gasteiger partial charge is 0.158 e. The first-order valence-electron chi connectivity index (χ1n) is 6.53. The number of hydrogen-bond donors (Lipinski definition) is 2. The van der Waals surface area contributed by atoms with E-state index < -0.39 is 0 Å². The molecule has 2 aromatic rings. The molecule has 0 radical (unpaired) electrons. The topological polar surface area (TPSA) is 59.3 Å². The maximum absolute atomic E-state index is 9.26. The van der Waals surface area contributed by atoms with Gasteiger partial charge in [0.2, 0.25) is 0 Å². The van der Waals surface area contributed by atoms with Gasteiger partial charge in [-0.3, -0.25) is 0 Å². The van der Waals surface area contributed by atoms with Gasteiger partial charge in [-0.05, 0) is 50.2 Å². The Kier molecular flexibility index (Phi) is 3.37. The van der Waals surface area contributed by atoms with E-state index in [1.807, 2.05) is 18.3 Å². The summed E-state index contributed by atoms with van der Waals surface area (Å²) in [5, 5.41) is 16.9. The van der Waals surface area contributed by atoms with E-state index in [-0.39, 0.29) is 11.9 Å². The van der Waals surface area contributed by atoms with Gasteiger partial charge in [-0.1, -0.05) is 0 Å². The Morgan fingerprint density at radius 3 is 2.68 bits per heavy atom. The largest absolute Gasteiger partial charge is 0.508 e. The number of piperidine rings is 1. The summed E-state index contributed by atoms with van der Waals surface area (Å²) in [6, 6.07) is 6.92. The van der Waals surface area contributed by atoms with Crippen molar-refractivity contribution >= 4 is 0 Å². The monoisotopic (exact) mass is 259 g/mol. The molecule has 1 saturated heterocycles. The highest BCUT2D eigenvalue weighted by molar-refractivity contribution is 5.37. The van der Waals surface area contributed by atoms with Gasteiger partial charge in [0.05, 0.1) is 18.1 Å². The van der Waals surface area contributed by atoms with Crippen LogP contribution in [0.15, 0.2) is 36.7 Å². The molecule has 0 saturated carbocycles. The van der Waals surface area contributed by atoms with Crippen LogP contribution >= 0.6 is 0 Å². The number of phenols is 1. The molecule has 1 aliphatic heterocycles. The predicted octanol–water partition coefficient (Wildman–Crippen LogP) is 1.71. The molecule has 0 atom stereocenters. The number of phenolic OH excluding ortho intramolecular Hbond substituents is 1. The van der Waals surface area contributed by atoms with Gasteiger partial charge in [-0.25, -0.2) is 4.68 Å². The Morgan fingerprint density at radius 2 is 1.95 bits per heavy atom. The number of ether oxygens (including phenoxy) is 1. The third-order valence-electron chi connectivity index (χ3n) is 3.26. The SMILES string of the molecule is Oc1ccc(-n2cc(OC3CCNCC3)cn2)cc1. The lowest BCUT2D eigenvalue weighted by atomic mass is 10.1. The standard InChI is InChI=1S/C14H17N3O2/c18-12-3-1-11(2-4-12)17-10-14(9-16-17)19-13-5-7-15-8-6-13/h1-4,9-10,13,15,18H,5-8H2. The van der Waals surface area contributed by atoms with Crippen LogP contribution in [0.3, 0.4) is 0 Å². The number of aromatic nitrogens is 2. The van der Waals surface area contributed by atoms with Crippen LogP contribution in [-0.4, -0.2) is 34.1 Å². The maximum Gasteiger partial charge on any atom is 0.158 e. The van der Waals surface area contributed by atoms with Gasteiger partial charge in [0.25, 0.3) is 0 Å². The van der Waals surface area contributed by atoms with E-state index >= 15 is 0 Å². The van der Waals surface area contributed by atoms with Crippen LogP contribution in [0.2, 0.25) is 0 Å². The lowest BCUT2D eigenvalue weighted by Gasteiger charge is -2.22. The van der Waals surface area contributed by atoms with E-state index in [2.05, 4.69) is 10.4 Å². The number of hydrogen-bond acceptors (Lipinski definition) is 4. The van der Waals surface area contributed by atoms with Crippen LogP contribution in [0.5, 0.6) is 11.5 Å². The Labute approximate surface area is 111 Å². The normalized spacial score (nSPS) is 16.4. The van der Waals surface area contributed by atoms with Crippen molar-refractivity contribution in [1.82, 2.24) is 15.1 Å². The summed E-state index contributed by atoms with van der Waals surface area (Å²) in [6.45, 7) is 2.02. The van der Waals surface area contributed by atoms with Crippen molar-refractivity contribution in [2.24, 2.45) is 0 Å². The van der Waals surface area contributed by atoms with Gasteiger partial charge >= 0.3 is 0 Å². The van der Waals surface area contributed by atoms with E-state index in [1.165, 1.54) is 0 Å². The van der Waals surface area contributed by atoms with Crippen molar-refractivity contribution in [3.05, 3.63) is 36.7 Å². The molecule has 1 aromatic carbocycles. The minimum Gasteiger partial charge on any atom is -0.508 e. The summed E-state index contributed by atoms with van der Waals surface area (Å²) in [5.41, 5.74) is 0.901. The third kappa shape index (κ3) is 2.88. The number of nitrogens with one attached hydrogen (secondary N) is 1. The lowest BCUT2D eigenvalue weighted by molar-refractivity contribution is 0.162. The second kappa shape index (κ2) is 5.32. The zero-order chi connectivity index (χ0) is 13.1. The minimum absolute atomic E-state index is 0.252. The molecule has 2 N–H and O–H groups in total. The average molecular weight is 259 g/mol. The number of benzene rings is 1. The summed E-state index contributed by atoms with van der Waals surface area (Å²) in [6.07, 6.45) is 5.94. The van der Waals surface area contributed by atoms with Crippen molar-refractivity contribution in [2.75, 3.05) is 13.1 Å². The molecular weight excluding hydrogens is 242 g/mol. The van der Waals surface area contributed by atoms with Gasteiger partial charge in [0, 0.05) is 0 Å². The Bertz CT molecular complexity index is 530. The molecule has 1 aromatic heterocycles. The van der Waals surface area contributed by atoms with Crippen molar-refractivity contribution in [1.29, 1.82) is 0 Å². The molecule has 0 unspecified atom stereocenters. The van der Waals surface area contributed by atoms with Crippen molar-refractivity contribution < 1.29 is 9.84 Å².